The van der Waals surface area contributed by atoms with Gasteiger partial charge in [0.25, 0.3) is 12.4 Å². The van der Waals surface area contributed by atoms with Crippen molar-refractivity contribution in [2.24, 2.45) is 0 Å². The smallest absolute Gasteiger partial charge is 0.322 e. The van der Waals surface area contributed by atoms with Crippen molar-refractivity contribution < 1.29 is 24.3 Å². The van der Waals surface area contributed by atoms with Crippen molar-refractivity contribution in [3.05, 3.63) is 0 Å². The number of urea groups is 1. The zero-order chi connectivity index (χ0) is 18.1. The van der Waals surface area contributed by atoms with Crippen LogP contribution in [0.4, 0.5) is 4.79 Å². The number of carbonyl (C=O) groups is 4. The Morgan fingerprint density at radius 1 is 1.29 bits per heavy atom. The zero-order valence-corrected chi connectivity index (χ0v) is 14.2. The van der Waals surface area contributed by atoms with Crippen molar-refractivity contribution in [1.29, 1.82) is 0 Å². The Morgan fingerprint density at radius 2 is 1.96 bits per heavy atom. The Bertz CT molecular complexity index is 469. The fourth-order valence-corrected chi connectivity index (χ4v) is 2.79. The first kappa shape index (κ1) is 19.9. The summed E-state index contributed by atoms with van der Waals surface area (Å²) in [6, 6.07) is -0.544. The first-order chi connectivity index (χ1) is 11.4. The van der Waals surface area contributed by atoms with Crippen molar-refractivity contribution >= 4 is 24.3 Å². The van der Waals surface area contributed by atoms with Crippen LogP contribution in [0.1, 0.15) is 33.1 Å². The molecule has 0 saturated carbocycles. The molecule has 0 spiro atoms. The number of hydrogen-bond donors (Lipinski definition) is 3. The van der Waals surface area contributed by atoms with Gasteiger partial charge in [-0.2, -0.15) is 0 Å². The Morgan fingerprint density at radius 3 is 2.50 bits per heavy atom. The van der Waals surface area contributed by atoms with E-state index in [4.69, 9.17) is 9.90 Å². The predicted octanol–water partition coefficient (Wildman–Crippen LogP) is -0.382. The van der Waals surface area contributed by atoms with E-state index in [-0.39, 0.29) is 18.3 Å². The fourth-order valence-electron chi connectivity index (χ4n) is 2.79. The van der Waals surface area contributed by atoms with Crippen LogP contribution in [0.25, 0.3) is 0 Å². The lowest BCUT2D eigenvalue weighted by molar-refractivity contribution is -0.131. The maximum atomic E-state index is 12.2. The standard InChI is InChI=1S/C14H24N4O3.CH2O2/c1-10(2)17-6-3-7-18(9-8-17)12(19)5-4-11-13(20)16-14(21)15-11;2-1-3/h10-11H,3-9H2,1-2H3,(H2,15,16,20,21);1H,(H,2,3)/t11-;/m0./s1. The highest BCUT2D eigenvalue weighted by Gasteiger charge is 2.30. The highest BCUT2D eigenvalue weighted by atomic mass is 16.3. The van der Waals surface area contributed by atoms with Crippen LogP contribution in [-0.2, 0) is 14.4 Å². The molecule has 9 nitrogen and oxygen atoms in total. The van der Waals surface area contributed by atoms with Crippen LogP contribution >= 0.6 is 0 Å². The zero-order valence-electron chi connectivity index (χ0n) is 14.2. The molecule has 2 aliphatic heterocycles. The number of imide groups is 1. The largest absolute Gasteiger partial charge is 0.483 e. The second-order valence-electron chi connectivity index (χ2n) is 6.02. The third-order valence-corrected chi connectivity index (χ3v) is 4.12. The van der Waals surface area contributed by atoms with Crippen LogP contribution in [0.3, 0.4) is 0 Å². The predicted molar refractivity (Wildman–Crippen MR) is 86.3 cm³/mol. The Kier molecular flexibility index (Phi) is 8.17. The number of nitrogens with zero attached hydrogens (tertiary/aromatic N) is 2. The molecule has 136 valence electrons. The highest BCUT2D eigenvalue weighted by Crippen LogP contribution is 2.10. The molecule has 2 heterocycles. The average molecular weight is 342 g/mol. The molecular weight excluding hydrogens is 316 g/mol. The van der Waals surface area contributed by atoms with E-state index < -0.39 is 12.1 Å². The SMILES string of the molecule is CC(C)N1CCCN(C(=O)CC[C@@H]2NC(=O)NC2=O)CC1.O=CO. The summed E-state index contributed by atoms with van der Waals surface area (Å²) in [5.41, 5.74) is 0. The Hall–Kier alpha value is -2.16. The van der Waals surface area contributed by atoms with E-state index in [1.807, 2.05) is 4.90 Å². The molecule has 9 heteroatoms. The van der Waals surface area contributed by atoms with Crippen LogP contribution < -0.4 is 10.6 Å². The highest BCUT2D eigenvalue weighted by molar-refractivity contribution is 6.04. The second-order valence-corrected chi connectivity index (χ2v) is 6.02. The van der Waals surface area contributed by atoms with Gasteiger partial charge in [0, 0.05) is 38.6 Å². The molecule has 0 unspecified atom stereocenters. The fraction of sp³-hybridized carbons (Fsp3) is 0.733. The van der Waals surface area contributed by atoms with Gasteiger partial charge in [-0.15, -0.1) is 0 Å². The summed E-state index contributed by atoms with van der Waals surface area (Å²) in [6.45, 7) is 7.50. The van der Waals surface area contributed by atoms with E-state index in [9.17, 15) is 14.4 Å². The minimum atomic E-state index is -0.569. The van der Waals surface area contributed by atoms with E-state index in [0.29, 0.717) is 18.9 Å². The van der Waals surface area contributed by atoms with E-state index in [1.165, 1.54) is 0 Å². The summed E-state index contributed by atoms with van der Waals surface area (Å²) in [6.07, 6.45) is 1.63. The van der Waals surface area contributed by atoms with E-state index in [0.717, 1.165) is 32.6 Å². The van der Waals surface area contributed by atoms with Crippen LogP contribution in [0.5, 0.6) is 0 Å². The molecule has 0 aliphatic carbocycles. The Balaban J connectivity index is 0.000000891. The molecule has 1 atom stereocenters. The minimum Gasteiger partial charge on any atom is -0.483 e. The van der Waals surface area contributed by atoms with Crippen molar-refractivity contribution in [3.8, 4) is 0 Å². The quantitative estimate of drug-likeness (QED) is 0.473. The number of carboxylic acid groups (broad SMARTS) is 1. The molecule has 4 amide bonds. The van der Waals surface area contributed by atoms with Gasteiger partial charge >= 0.3 is 6.03 Å². The first-order valence-corrected chi connectivity index (χ1v) is 8.10. The van der Waals surface area contributed by atoms with Crippen molar-refractivity contribution in [2.75, 3.05) is 26.2 Å². The summed E-state index contributed by atoms with van der Waals surface area (Å²) >= 11 is 0. The molecule has 3 N–H and O–H groups in total. The van der Waals surface area contributed by atoms with E-state index in [2.05, 4.69) is 29.4 Å². The van der Waals surface area contributed by atoms with Gasteiger partial charge in [-0.25, -0.2) is 4.79 Å². The number of amides is 4. The molecule has 0 radical (unpaired) electrons. The number of rotatable bonds is 4. The third kappa shape index (κ3) is 6.15. The second kappa shape index (κ2) is 9.86. The summed E-state index contributed by atoms with van der Waals surface area (Å²) < 4.78 is 0. The summed E-state index contributed by atoms with van der Waals surface area (Å²) in [4.78, 5) is 47.3. The molecule has 2 rings (SSSR count). The van der Waals surface area contributed by atoms with Crippen molar-refractivity contribution in [1.82, 2.24) is 20.4 Å². The van der Waals surface area contributed by atoms with Gasteiger partial charge in [0.05, 0.1) is 0 Å². The monoisotopic (exact) mass is 342 g/mol. The third-order valence-electron chi connectivity index (χ3n) is 4.12. The first-order valence-electron chi connectivity index (χ1n) is 8.10. The molecule has 2 aliphatic rings. The molecule has 0 aromatic rings. The van der Waals surface area contributed by atoms with Gasteiger partial charge in [-0.3, -0.25) is 24.6 Å². The molecule has 0 aromatic heterocycles. The van der Waals surface area contributed by atoms with Crippen LogP contribution in [0, 0.1) is 0 Å². The Labute approximate surface area is 141 Å². The number of hydrogen-bond acceptors (Lipinski definition) is 5. The van der Waals surface area contributed by atoms with Gasteiger partial charge in [-0.1, -0.05) is 0 Å². The van der Waals surface area contributed by atoms with Crippen LogP contribution in [0.2, 0.25) is 0 Å². The maximum absolute atomic E-state index is 12.2. The lowest BCUT2D eigenvalue weighted by atomic mass is 10.1. The van der Waals surface area contributed by atoms with E-state index in [1.54, 1.807) is 0 Å². The van der Waals surface area contributed by atoms with Gasteiger partial charge < -0.3 is 15.3 Å². The topological polar surface area (TPSA) is 119 Å². The molecule has 24 heavy (non-hydrogen) atoms. The molecule has 0 bridgehead atoms. The molecular formula is C15H26N4O5. The van der Waals surface area contributed by atoms with Gasteiger partial charge in [-0.05, 0) is 26.7 Å². The number of carbonyl (C=O) groups excluding carboxylic acids is 3. The van der Waals surface area contributed by atoms with Crippen LogP contribution in [0.15, 0.2) is 0 Å². The van der Waals surface area contributed by atoms with Gasteiger partial charge in [0.2, 0.25) is 5.91 Å². The van der Waals surface area contributed by atoms with Gasteiger partial charge in [0.1, 0.15) is 6.04 Å². The minimum absolute atomic E-state index is 0.0644. The summed E-state index contributed by atoms with van der Waals surface area (Å²) in [7, 11) is 0. The van der Waals surface area contributed by atoms with Gasteiger partial charge in [0.15, 0.2) is 0 Å². The normalized spacial score (nSPS) is 21.5. The number of nitrogens with one attached hydrogen (secondary N) is 2. The maximum Gasteiger partial charge on any atom is 0.322 e. The van der Waals surface area contributed by atoms with Crippen molar-refractivity contribution in [3.63, 3.8) is 0 Å². The molecule has 2 fully saturated rings. The molecule has 0 aromatic carbocycles. The molecule has 2 saturated heterocycles. The lowest BCUT2D eigenvalue weighted by Crippen LogP contribution is -2.38. The summed E-state index contributed by atoms with van der Waals surface area (Å²) in [5.74, 6) is -0.274. The van der Waals surface area contributed by atoms with Crippen LogP contribution in [-0.4, -0.2) is 77.5 Å². The van der Waals surface area contributed by atoms with E-state index >= 15 is 0 Å². The average Bonchev–Trinajstić information content (AvgIpc) is 2.73. The summed E-state index contributed by atoms with van der Waals surface area (Å²) in [5, 5.41) is 11.6. The lowest BCUT2D eigenvalue weighted by Gasteiger charge is -2.25. The van der Waals surface area contributed by atoms with Crippen molar-refractivity contribution in [2.45, 2.75) is 45.2 Å².